The van der Waals surface area contributed by atoms with Crippen molar-refractivity contribution in [3.63, 3.8) is 0 Å². The number of amides is 3. The zero-order chi connectivity index (χ0) is 23.5. The third-order valence-electron chi connectivity index (χ3n) is 5.81. The number of para-hydroxylation sites is 1. The number of anilines is 1. The van der Waals surface area contributed by atoms with Crippen molar-refractivity contribution in [2.24, 2.45) is 5.92 Å². The van der Waals surface area contributed by atoms with Crippen LogP contribution in [-0.2, 0) is 9.59 Å². The summed E-state index contributed by atoms with van der Waals surface area (Å²) in [6.07, 6.45) is 0.172. The van der Waals surface area contributed by atoms with Crippen molar-refractivity contribution in [2.75, 3.05) is 18.9 Å². The Morgan fingerprint density at radius 3 is 2.55 bits per heavy atom. The fourth-order valence-corrected chi connectivity index (χ4v) is 3.68. The predicted molar refractivity (Wildman–Crippen MR) is 126 cm³/mol. The van der Waals surface area contributed by atoms with Crippen molar-refractivity contribution < 1.29 is 14.4 Å². The third-order valence-corrected chi connectivity index (χ3v) is 5.81. The van der Waals surface area contributed by atoms with Crippen LogP contribution in [0.5, 0.6) is 0 Å². The highest BCUT2D eigenvalue weighted by molar-refractivity contribution is 5.97. The van der Waals surface area contributed by atoms with Gasteiger partial charge in [0, 0.05) is 43.2 Å². The normalized spacial score (nSPS) is 15.4. The van der Waals surface area contributed by atoms with Gasteiger partial charge in [-0.25, -0.2) is 4.68 Å². The predicted octanol–water partition coefficient (Wildman–Crippen LogP) is 3.09. The van der Waals surface area contributed by atoms with Gasteiger partial charge >= 0.3 is 0 Å². The quantitative estimate of drug-likeness (QED) is 0.609. The Morgan fingerprint density at radius 1 is 1.12 bits per heavy atom. The lowest BCUT2D eigenvalue weighted by Crippen LogP contribution is -2.32. The van der Waals surface area contributed by atoms with Crippen LogP contribution in [-0.4, -0.2) is 52.0 Å². The van der Waals surface area contributed by atoms with E-state index >= 15 is 0 Å². The molecule has 2 aromatic carbocycles. The van der Waals surface area contributed by atoms with E-state index in [-0.39, 0.29) is 30.2 Å². The van der Waals surface area contributed by atoms with Crippen molar-refractivity contribution in [2.45, 2.75) is 26.3 Å². The molecule has 0 bridgehead atoms. The Bertz CT molecular complexity index is 1190. The fraction of sp³-hybridized carbons (Fsp3) is 0.280. The minimum Gasteiger partial charge on any atom is -0.355 e. The fourth-order valence-electron chi connectivity index (χ4n) is 3.68. The van der Waals surface area contributed by atoms with E-state index in [0.717, 1.165) is 16.9 Å². The molecule has 4 rings (SSSR count). The highest BCUT2D eigenvalue weighted by Crippen LogP contribution is 2.28. The van der Waals surface area contributed by atoms with Crippen molar-refractivity contribution in [3.8, 4) is 16.9 Å². The standard InChI is InChI=1S/C25H27N5O3/c1-16(2)29(3)25(33)18-9-7-8-17(12-18)21-14-22(27-24(32)19-13-23(31)26-15-19)28-30(21)20-10-5-4-6-11-20/h4-12,14,16,19H,13,15H2,1-3H3,(H,26,31)(H,27,28,32)/t19-/m0/s1. The molecule has 1 aliphatic rings. The Balaban J connectivity index is 1.70. The molecule has 1 aromatic heterocycles. The summed E-state index contributed by atoms with van der Waals surface area (Å²) >= 11 is 0. The minimum atomic E-state index is -0.421. The number of hydrogen-bond donors (Lipinski definition) is 2. The van der Waals surface area contributed by atoms with E-state index in [2.05, 4.69) is 15.7 Å². The number of carbonyl (C=O) groups is 3. The molecule has 1 aliphatic heterocycles. The summed E-state index contributed by atoms with van der Waals surface area (Å²) in [6.45, 7) is 4.26. The van der Waals surface area contributed by atoms with Crippen LogP contribution in [0.25, 0.3) is 16.9 Å². The Labute approximate surface area is 192 Å². The van der Waals surface area contributed by atoms with Crippen LogP contribution < -0.4 is 10.6 Å². The van der Waals surface area contributed by atoms with Gasteiger partial charge in [-0.15, -0.1) is 5.10 Å². The maximum absolute atomic E-state index is 12.9. The SMILES string of the molecule is CC(C)N(C)C(=O)c1cccc(-c2cc(NC(=O)[C@@H]3CNC(=O)C3)nn2-c2ccccc2)c1. The molecule has 1 fully saturated rings. The van der Waals surface area contributed by atoms with Gasteiger partial charge in [0.15, 0.2) is 5.82 Å². The summed E-state index contributed by atoms with van der Waals surface area (Å²) in [4.78, 5) is 38.7. The van der Waals surface area contributed by atoms with Crippen LogP contribution in [0.2, 0.25) is 0 Å². The van der Waals surface area contributed by atoms with Gasteiger partial charge in [-0.3, -0.25) is 14.4 Å². The first kappa shape index (κ1) is 22.3. The molecule has 0 spiro atoms. The maximum Gasteiger partial charge on any atom is 0.253 e. The van der Waals surface area contributed by atoms with E-state index in [9.17, 15) is 14.4 Å². The van der Waals surface area contributed by atoms with E-state index < -0.39 is 5.92 Å². The zero-order valence-corrected chi connectivity index (χ0v) is 18.9. The number of nitrogens with zero attached hydrogens (tertiary/aromatic N) is 3. The average molecular weight is 446 g/mol. The number of nitrogens with one attached hydrogen (secondary N) is 2. The zero-order valence-electron chi connectivity index (χ0n) is 18.9. The summed E-state index contributed by atoms with van der Waals surface area (Å²) in [5.41, 5.74) is 2.93. The molecule has 8 heteroatoms. The molecule has 0 aliphatic carbocycles. The molecule has 8 nitrogen and oxygen atoms in total. The molecule has 3 aromatic rings. The van der Waals surface area contributed by atoms with E-state index in [4.69, 9.17) is 0 Å². The van der Waals surface area contributed by atoms with Gasteiger partial charge in [0.1, 0.15) is 0 Å². The summed E-state index contributed by atoms with van der Waals surface area (Å²) in [6, 6.07) is 18.8. The molecule has 170 valence electrons. The molecule has 33 heavy (non-hydrogen) atoms. The molecule has 2 heterocycles. The monoisotopic (exact) mass is 445 g/mol. The average Bonchev–Trinajstić information content (AvgIpc) is 3.45. The van der Waals surface area contributed by atoms with Gasteiger partial charge in [-0.1, -0.05) is 30.3 Å². The van der Waals surface area contributed by atoms with Crippen LogP contribution in [0.3, 0.4) is 0 Å². The molecule has 3 amide bonds. The lowest BCUT2D eigenvalue weighted by molar-refractivity contribution is -0.123. The van der Waals surface area contributed by atoms with Gasteiger partial charge in [-0.05, 0) is 38.1 Å². The maximum atomic E-state index is 12.9. The molecular formula is C25H27N5O3. The second-order valence-electron chi connectivity index (χ2n) is 8.45. The summed E-state index contributed by atoms with van der Waals surface area (Å²) in [5.74, 6) is -0.479. The third kappa shape index (κ3) is 4.79. The van der Waals surface area contributed by atoms with E-state index in [0.29, 0.717) is 17.9 Å². The molecule has 1 atom stereocenters. The van der Waals surface area contributed by atoms with E-state index in [1.807, 2.05) is 62.4 Å². The Hall–Kier alpha value is -3.94. The first-order valence-electron chi connectivity index (χ1n) is 10.9. The van der Waals surface area contributed by atoms with Gasteiger partial charge in [0.2, 0.25) is 11.8 Å². The van der Waals surface area contributed by atoms with Gasteiger partial charge in [0.05, 0.1) is 17.3 Å². The molecule has 1 saturated heterocycles. The number of hydrogen-bond acceptors (Lipinski definition) is 4. The topological polar surface area (TPSA) is 96.3 Å². The van der Waals surface area contributed by atoms with Crippen LogP contribution >= 0.6 is 0 Å². The Morgan fingerprint density at radius 2 is 1.88 bits per heavy atom. The van der Waals surface area contributed by atoms with Crippen molar-refractivity contribution in [1.29, 1.82) is 0 Å². The molecule has 0 radical (unpaired) electrons. The smallest absolute Gasteiger partial charge is 0.253 e. The largest absolute Gasteiger partial charge is 0.355 e. The first-order valence-corrected chi connectivity index (χ1v) is 10.9. The van der Waals surface area contributed by atoms with Gasteiger partial charge in [-0.2, -0.15) is 0 Å². The molecule has 0 unspecified atom stereocenters. The van der Waals surface area contributed by atoms with Crippen LogP contribution in [0.15, 0.2) is 60.7 Å². The number of benzene rings is 2. The van der Waals surface area contributed by atoms with Crippen molar-refractivity contribution in [3.05, 3.63) is 66.2 Å². The summed E-state index contributed by atoms with van der Waals surface area (Å²) < 4.78 is 1.74. The van der Waals surface area contributed by atoms with Crippen molar-refractivity contribution in [1.82, 2.24) is 20.0 Å². The van der Waals surface area contributed by atoms with Gasteiger partial charge in [0.25, 0.3) is 5.91 Å². The summed E-state index contributed by atoms with van der Waals surface area (Å²) in [5, 5.41) is 10.1. The lowest BCUT2D eigenvalue weighted by atomic mass is 10.1. The lowest BCUT2D eigenvalue weighted by Gasteiger charge is -2.21. The molecule has 2 N–H and O–H groups in total. The second kappa shape index (κ2) is 9.28. The Kier molecular flexibility index (Phi) is 6.26. The van der Waals surface area contributed by atoms with Crippen molar-refractivity contribution >= 4 is 23.5 Å². The molecule has 0 saturated carbocycles. The minimum absolute atomic E-state index is 0.0652. The van der Waals surface area contributed by atoms with Crippen LogP contribution in [0.1, 0.15) is 30.6 Å². The van der Waals surface area contributed by atoms with Crippen LogP contribution in [0, 0.1) is 5.92 Å². The second-order valence-corrected chi connectivity index (χ2v) is 8.45. The highest BCUT2D eigenvalue weighted by Gasteiger charge is 2.28. The molecular weight excluding hydrogens is 418 g/mol. The summed E-state index contributed by atoms with van der Waals surface area (Å²) in [7, 11) is 1.78. The van der Waals surface area contributed by atoms with E-state index in [1.165, 1.54) is 0 Å². The number of aromatic nitrogens is 2. The van der Waals surface area contributed by atoms with E-state index in [1.54, 1.807) is 28.8 Å². The van der Waals surface area contributed by atoms with Crippen LogP contribution in [0.4, 0.5) is 5.82 Å². The number of carbonyl (C=O) groups excluding carboxylic acids is 3. The first-order chi connectivity index (χ1) is 15.8. The van der Waals surface area contributed by atoms with Gasteiger partial charge < -0.3 is 15.5 Å². The highest BCUT2D eigenvalue weighted by atomic mass is 16.2. The number of rotatable bonds is 6.